The average molecular weight is 394 g/mol. The van der Waals surface area contributed by atoms with Gasteiger partial charge in [-0.3, -0.25) is 4.90 Å². The third-order valence-corrected chi connectivity index (χ3v) is 4.36. The topological polar surface area (TPSA) is 89.0 Å². The molecule has 3 aromatic rings. The molecule has 9 nitrogen and oxygen atoms in total. The van der Waals surface area contributed by atoms with Gasteiger partial charge < -0.3 is 9.32 Å². The van der Waals surface area contributed by atoms with Crippen LogP contribution in [0.5, 0.6) is 0 Å². The number of nitrogens with zero attached hydrogens (tertiary/aromatic N) is 8. The van der Waals surface area contributed by atoms with E-state index in [1.807, 2.05) is 36.2 Å². The Kier molecular flexibility index (Phi) is 4.71. The number of piperazine rings is 1. The number of halogens is 3. The second kappa shape index (κ2) is 7.19. The van der Waals surface area contributed by atoms with Crippen molar-refractivity contribution in [3.63, 3.8) is 0 Å². The summed E-state index contributed by atoms with van der Waals surface area (Å²) in [7, 11) is 0. The summed E-state index contributed by atoms with van der Waals surface area (Å²) >= 11 is 0. The quantitative estimate of drug-likeness (QED) is 0.661. The Morgan fingerprint density at radius 2 is 1.68 bits per heavy atom. The second-order valence-electron chi connectivity index (χ2n) is 6.41. The van der Waals surface area contributed by atoms with Crippen molar-refractivity contribution < 1.29 is 17.6 Å². The van der Waals surface area contributed by atoms with Crippen LogP contribution in [0.25, 0.3) is 5.82 Å². The van der Waals surface area contributed by atoms with Gasteiger partial charge in [0.25, 0.3) is 0 Å². The fraction of sp³-hybridized carbons (Fsp3) is 0.438. The molecule has 28 heavy (non-hydrogen) atoms. The van der Waals surface area contributed by atoms with E-state index in [0.29, 0.717) is 32.0 Å². The summed E-state index contributed by atoms with van der Waals surface area (Å²) in [4.78, 5) is 4.02. The SMILES string of the molecule is Cc1ccn(-c2ccc(N3CCN(Cc4nnc(C(F)(F)F)o4)CC3)nn2)n1. The summed E-state index contributed by atoms with van der Waals surface area (Å²) in [6.45, 7) is 4.66. The number of anilines is 1. The highest BCUT2D eigenvalue weighted by molar-refractivity contribution is 5.40. The highest BCUT2D eigenvalue weighted by Gasteiger charge is 2.38. The van der Waals surface area contributed by atoms with Crippen molar-refractivity contribution in [2.45, 2.75) is 19.6 Å². The number of aryl methyl sites for hydroxylation is 1. The van der Waals surface area contributed by atoms with Crippen LogP contribution in [-0.4, -0.2) is 61.3 Å². The van der Waals surface area contributed by atoms with E-state index in [4.69, 9.17) is 0 Å². The van der Waals surface area contributed by atoms with Crippen molar-refractivity contribution in [1.82, 2.24) is 35.1 Å². The molecular weight excluding hydrogens is 377 g/mol. The Labute approximate surface area is 157 Å². The van der Waals surface area contributed by atoms with E-state index in [0.717, 1.165) is 11.5 Å². The Balaban J connectivity index is 1.33. The standard InChI is InChI=1S/C16H17F3N8O/c1-11-4-5-27(24-11)13-3-2-12(20-21-13)26-8-6-25(7-9-26)10-14-22-23-15(28-14)16(17,18)19/h2-5H,6-10H2,1H3. The number of hydrogen-bond donors (Lipinski definition) is 0. The lowest BCUT2D eigenvalue weighted by Gasteiger charge is -2.34. The first-order chi connectivity index (χ1) is 13.4. The minimum Gasteiger partial charge on any atom is -0.416 e. The van der Waals surface area contributed by atoms with Crippen LogP contribution in [-0.2, 0) is 12.7 Å². The van der Waals surface area contributed by atoms with Crippen LogP contribution >= 0.6 is 0 Å². The molecule has 148 valence electrons. The van der Waals surface area contributed by atoms with Gasteiger partial charge in [-0.2, -0.15) is 18.3 Å². The molecule has 0 aromatic carbocycles. The molecule has 0 aliphatic carbocycles. The predicted octanol–water partition coefficient (Wildman–Crippen LogP) is 1.69. The van der Waals surface area contributed by atoms with Gasteiger partial charge in [0.2, 0.25) is 5.89 Å². The summed E-state index contributed by atoms with van der Waals surface area (Å²) in [5.41, 5.74) is 0.894. The minimum absolute atomic E-state index is 0.0422. The number of hydrogen-bond acceptors (Lipinski definition) is 8. The lowest BCUT2D eigenvalue weighted by molar-refractivity contribution is -0.157. The number of alkyl halides is 3. The highest BCUT2D eigenvalue weighted by Crippen LogP contribution is 2.28. The van der Waals surface area contributed by atoms with Gasteiger partial charge in [-0.1, -0.05) is 0 Å². The zero-order chi connectivity index (χ0) is 19.7. The summed E-state index contributed by atoms with van der Waals surface area (Å²) in [5.74, 6) is 0.0140. The fourth-order valence-electron chi connectivity index (χ4n) is 2.91. The van der Waals surface area contributed by atoms with Crippen molar-refractivity contribution in [2.75, 3.05) is 31.1 Å². The minimum atomic E-state index is -4.62. The lowest BCUT2D eigenvalue weighted by atomic mass is 10.3. The van der Waals surface area contributed by atoms with Gasteiger partial charge in [0, 0.05) is 32.4 Å². The maximum atomic E-state index is 12.5. The zero-order valence-corrected chi connectivity index (χ0v) is 15.0. The smallest absolute Gasteiger partial charge is 0.416 e. The first-order valence-corrected chi connectivity index (χ1v) is 8.62. The maximum Gasteiger partial charge on any atom is 0.470 e. The van der Waals surface area contributed by atoms with Crippen molar-refractivity contribution >= 4 is 5.82 Å². The van der Waals surface area contributed by atoms with E-state index >= 15 is 0 Å². The monoisotopic (exact) mass is 394 g/mol. The average Bonchev–Trinajstić information content (AvgIpc) is 3.32. The van der Waals surface area contributed by atoms with E-state index in [-0.39, 0.29) is 12.4 Å². The summed E-state index contributed by atoms with van der Waals surface area (Å²) in [5, 5.41) is 19.3. The summed E-state index contributed by atoms with van der Waals surface area (Å²) in [6.07, 6.45) is -2.80. The van der Waals surface area contributed by atoms with Gasteiger partial charge in [0.05, 0.1) is 12.2 Å². The lowest BCUT2D eigenvalue weighted by Crippen LogP contribution is -2.46. The van der Waals surface area contributed by atoms with Gasteiger partial charge in [0.15, 0.2) is 11.6 Å². The molecule has 3 aromatic heterocycles. The van der Waals surface area contributed by atoms with Gasteiger partial charge in [-0.05, 0) is 25.1 Å². The normalized spacial score (nSPS) is 15.9. The van der Waals surface area contributed by atoms with Crippen LogP contribution in [0.2, 0.25) is 0 Å². The fourth-order valence-corrected chi connectivity index (χ4v) is 2.91. The van der Waals surface area contributed by atoms with E-state index < -0.39 is 12.1 Å². The van der Waals surface area contributed by atoms with Crippen molar-refractivity contribution in [3.8, 4) is 5.82 Å². The Hall–Kier alpha value is -3.02. The molecule has 4 heterocycles. The molecule has 0 amide bonds. The largest absolute Gasteiger partial charge is 0.470 e. The van der Waals surface area contributed by atoms with Crippen molar-refractivity contribution in [1.29, 1.82) is 0 Å². The van der Waals surface area contributed by atoms with E-state index in [1.54, 1.807) is 4.68 Å². The van der Waals surface area contributed by atoms with Gasteiger partial charge in [0.1, 0.15) is 0 Å². The molecule has 12 heteroatoms. The van der Waals surface area contributed by atoms with Crippen LogP contribution in [0.4, 0.5) is 19.0 Å². The van der Waals surface area contributed by atoms with Crippen LogP contribution in [0.3, 0.4) is 0 Å². The van der Waals surface area contributed by atoms with E-state index in [9.17, 15) is 13.2 Å². The predicted molar refractivity (Wildman–Crippen MR) is 90.7 cm³/mol. The molecule has 0 radical (unpaired) electrons. The summed E-state index contributed by atoms with van der Waals surface area (Å²) in [6, 6.07) is 5.61. The van der Waals surface area contributed by atoms with Crippen molar-refractivity contribution in [3.05, 3.63) is 41.9 Å². The van der Waals surface area contributed by atoms with Crippen LogP contribution in [0.1, 0.15) is 17.5 Å². The molecule has 1 aliphatic heterocycles. The van der Waals surface area contributed by atoms with Gasteiger partial charge in [-0.25, -0.2) is 4.68 Å². The summed E-state index contributed by atoms with van der Waals surface area (Å²) < 4.78 is 43.9. The molecule has 0 bridgehead atoms. The molecule has 4 rings (SSSR count). The first kappa shape index (κ1) is 18.3. The molecule has 0 unspecified atom stereocenters. The second-order valence-corrected chi connectivity index (χ2v) is 6.41. The Bertz CT molecular complexity index is 928. The van der Waals surface area contributed by atoms with Gasteiger partial charge in [-0.15, -0.1) is 20.4 Å². The van der Waals surface area contributed by atoms with E-state index in [1.165, 1.54) is 0 Å². The third kappa shape index (κ3) is 3.96. The molecule has 1 fully saturated rings. The van der Waals surface area contributed by atoms with Crippen LogP contribution < -0.4 is 4.90 Å². The molecule has 1 aliphatic rings. The number of rotatable bonds is 4. The van der Waals surface area contributed by atoms with Crippen molar-refractivity contribution in [2.24, 2.45) is 0 Å². The Morgan fingerprint density at radius 3 is 2.25 bits per heavy atom. The molecule has 0 saturated carbocycles. The van der Waals surface area contributed by atoms with Crippen LogP contribution in [0.15, 0.2) is 28.8 Å². The molecule has 1 saturated heterocycles. The van der Waals surface area contributed by atoms with E-state index in [2.05, 4.69) is 34.8 Å². The number of aromatic nitrogens is 6. The Morgan fingerprint density at radius 1 is 0.964 bits per heavy atom. The van der Waals surface area contributed by atoms with Gasteiger partial charge >= 0.3 is 12.1 Å². The van der Waals surface area contributed by atoms with Crippen LogP contribution in [0, 0.1) is 6.92 Å². The molecule has 0 atom stereocenters. The molecule has 0 N–H and O–H groups in total. The zero-order valence-electron chi connectivity index (χ0n) is 15.0. The third-order valence-electron chi connectivity index (χ3n) is 4.36. The highest BCUT2D eigenvalue weighted by atomic mass is 19.4. The molecular formula is C16H17F3N8O. The molecule has 0 spiro atoms. The maximum absolute atomic E-state index is 12.5. The first-order valence-electron chi connectivity index (χ1n) is 8.62.